The lowest BCUT2D eigenvalue weighted by Crippen LogP contribution is -2.08. The van der Waals surface area contributed by atoms with Gasteiger partial charge in [0.1, 0.15) is 11.5 Å². The zero-order chi connectivity index (χ0) is 8.27. The number of hydrogen-bond donors (Lipinski definition) is 1. The summed E-state index contributed by atoms with van der Waals surface area (Å²) in [6.07, 6.45) is 2.09. The summed E-state index contributed by atoms with van der Waals surface area (Å²) in [5, 5.41) is 0. The molecule has 2 nitrogen and oxygen atoms in total. The quantitative estimate of drug-likeness (QED) is 0.794. The highest BCUT2D eigenvalue weighted by Gasteiger charge is 2.07. The van der Waals surface area contributed by atoms with Crippen molar-refractivity contribution in [2.75, 3.05) is 0 Å². The highest BCUT2D eigenvalue weighted by Crippen LogP contribution is 2.17. The van der Waals surface area contributed by atoms with Crippen LogP contribution in [0.4, 0.5) is 0 Å². The number of aryl methyl sites for hydroxylation is 1. The molecule has 0 aromatic carbocycles. The molecular formula is C9H16ClNO. The monoisotopic (exact) mass is 189 g/mol. The molecule has 0 unspecified atom stereocenters. The van der Waals surface area contributed by atoms with Crippen LogP contribution in [0.3, 0.4) is 0 Å². The van der Waals surface area contributed by atoms with E-state index in [2.05, 4.69) is 6.92 Å². The maximum atomic E-state index is 5.83. The first-order valence-electron chi connectivity index (χ1n) is 4.06. The summed E-state index contributed by atoms with van der Waals surface area (Å²) < 4.78 is 5.37. The van der Waals surface area contributed by atoms with Crippen molar-refractivity contribution in [2.45, 2.75) is 32.7 Å². The van der Waals surface area contributed by atoms with Gasteiger partial charge in [-0.25, -0.2) is 0 Å². The lowest BCUT2D eigenvalue weighted by atomic mass is 10.1. The van der Waals surface area contributed by atoms with Gasteiger partial charge in [-0.05, 0) is 25.5 Å². The Morgan fingerprint density at radius 2 is 2.17 bits per heavy atom. The maximum Gasteiger partial charge on any atom is 0.120 e. The van der Waals surface area contributed by atoms with Crippen LogP contribution in [0, 0.1) is 6.92 Å². The molecule has 0 aliphatic heterocycles. The SMILES string of the molecule is CCC[C@@H](N)c1ccc(C)o1.Cl. The van der Waals surface area contributed by atoms with Crippen LogP contribution in [0.15, 0.2) is 16.5 Å². The smallest absolute Gasteiger partial charge is 0.120 e. The predicted molar refractivity (Wildman–Crippen MR) is 52.5 cm³/mol. The van der Waals surface area contributed by atoms with E-state index in [0.717, 1.165) is 24.4 Å². The Balaban J connectivity index is 0.00000121. The molecule has 0 amide bonds. The van der Waals surface area contributed by atoms with Crippen LogP contribution in [0.25, 0.3) is 0 Å². The van der Waals surface area contributed by atoms with E-state index in [1.807, 2.05) is 19.1 Å². The number of rotatable bonds is 3. The fourth-order valence-electron chi connectivity index (χ4n) is 1.11. The van der Waals surface area contributed by atoms with Crippen LogP contribution in [0.1, 0.15) is 37.3 Å². The van der Waals surface area contributed by atoms with E-state index in [-0.39, 0.29) is 18.4 Å². The molecule has 0 spiro atoms. The summed E-state index contributed by atoms with van der Waals surface area (Å²) in [7, 11) is 0. The number of nitrogens with two attached hydrogens (primary N) is 1. The Bertz CT molecular complexity index is 222. The number of halogens is 1. The van der Waals surface area contributed by atoms with Crippen LogP contribution in [-0.2, 0) is 0 Å². The van der Waals surface area contributed by atoms with Crippen molar-refractivity contribution in [3.8, 4) is 0 Å². The van der Waals surface area contributed by atoms with Crippen molar-refractivity contribution in [1.29, 1.82) is 0 Å². The third kappa shape index (κ3) is 2.88. The molecule has 0 bridgehead atoms. The van der Waals surface area contributed by atoms with Gasteiger partial charge < -0.3 is 10.2 Å². The zero-order valence-corrected chi connectivity index (χ0v) is 8.36. The minimum atomic E-state index is 0. The molecule has 1 heterocycles. The van der Waals surface area contributed by atoms with E-state index in [9.17, 15) is 0 Å². The lowest BCUT2D eigenvalue weighted by Gasteiger charge is -2.05. The summed E-state index contributed by atoms with van der Waals surface area (Å²) in [4.78, 5) is 0. The topological polar surface area (TPSA) is 39.2 Å². The molecule has 0 aliphatic rings. The van der Waals surface area contributed by atoms with Crippen LogP contribution in [0.5, 0.6) is 0 Å². The van der Waals surface area contributed by atoms with Crippen LogP contribution >= 0.6 is 12.4 Å². The largest absolute Gasteiger partial charge is 0.465 e. The molecule has 0 saturated carbocycles. The second-order valence-electron chi connectivity index (χ2n) is 2.84. The van der Waals surface area contributed by atoms with Crippen molar-refractivity contribution in [3.05, 3.63) is 23.7 Å². The van der Waals surface area contributed by atoms with Gasteiger partial charge in [-0.1, -0.05) is 13.3 Å². The van der Waals surface area contributed by atoms with Crippen LogP contribution in [-0.4, -0.2) is 0 Å². The highest BCUT2D eigenvalue weighted by atomic mass is 35.5. The second kappa shape index (κ2) is 5.22. The molecule has 0 fully saturated rings. The maximum absolute atomic E-state index is 5.83. The molecule has 12 heavy (non-hydrogen) atoms. The van der Waals surface area contributed by atoms with Crippen LogP contribution < -0.4 is 5.73 Å². The van der Waals surface area contributed by atoms with Gasteiger partial charge in [0.05, 0.1) is 6.04 Å². The van der Waals surface area contributed by atoms with Crippen molar-refractivity contribution < 1.29 is 4.42 Å². The molecule has 0 aliphatic carbocycles. The van der Waals surface area contributed by atoms with Gasteiger partial charge in [0.2, 0.25) is 0 Å². The van der Waals surface area contributed by atoms with E-state index >= 15 is 0 Å². The van der Waals surface area contributed by atoms with Crippen molar-refractivity contribution in [2.24, 2.45) is 5.73 Å². The molecule has 1 atom stereocenters. The normalized spacial score (nSPS) is 12.2. The van der Waals surface area contributed by atoms with E-state index in [0.29, 0.717) is 0 Å². The van der Waals surface area contributed by atoms with E-state index in [1.54, 1.807) is 0 Å². The van der Waals surface area contributed by atoms with E-state index in [4.69, 9.17) is 10.2 Å². The first-order chi connectivity index (χ1) is 5.24. The minimum Gasteiger partial charge on any atom is -0.465 e. The van der Waals surface area contributed by atoms with Crippen molar-refractivity contribution >= 4 is 12.4 Å². The Labute approximate surface area is 79.5 Å². The van der Waals surface area contributed by atoms with Gasteiger partial charge in [-0.15, -0.1) is 12.4 Å². The standard InChI is InChI=1S/C9H15NO.ClH/c1-3-4-8(10)9-6-5-7(2)11-9;/h5-6,8H,3-4,10H2,1-2H3;1H/t8-;/m1./s1. The summed E-state index contributed by atoms with van der Waals surface area (Å²) in [5.41, 5.74) is 5.83. The molecule has 0 radical (unpaired) electrons. The minimum absolute atomic E-state index is 0. The first kappa shape index (κ1) is 11.5. The fourth-order valence-corrected chi connectivity index (χ4v) is 1.11. The Morgan fingerprint density at radius 1 is 1.50 bits per heavy atom. The Kier molecular flexibility index (Phi) is 5.02. The molecule has 1 aromatic heterocycles. The highest BCUT2D eigenvalue weighted by molar-refractivity contribution is 5.85. The molecule has 0 saturated heterocycles. The Morgan fingerprint density at radius 3 is 2.58 bits per heavy atom. The summed E-state index contributed by atoms with van der Waals surface area (Å²) in [6.45, 7) is 4.05. The summed E-state index contributed by atoms with van der Waals surface area (Å²) in [6, 6.07) is 3.98. The molecule has 70 valence electrons. The zero-order valence-electron chi connectivity index (χ0n) is 7.54. The van der Waals surface area contributed by atoms with Gasteiger partial charge in [0.25, 0.3) is 0 Å². The van der Waals surface area contributed by atoms with Gasteiger partial charge in [0, 0.05) is 0 Å². The van der Waals surface area contributed by atoms with Gasteiger partial charge in [-0.3, -0.25) is 0 Å². The van der Waals surface area contributed by atoms with Crippen molar-refractivity contribution in [1.82, 2.24) is 0 Å². The van der Waals surface area contributed by atoms with Gasteiger partial charge in [0.15, 0.2) is 0 Å². The third-order valence-corrected chi connectivity index (χ3v) is 1.73. The van der Waals surface area contributed by atoms with Gasteiger partial charge in [-0.2, -0.15) is 0 Å². The van der Waals surface area contributed by atoms with Gasteiger partial charge >= 0.3 is 0 Å². The molecule has 2 N–H and O–H groups in total. The number of hydrogen-bond acceptors (Lipinski definition) is 2. The molecule has 3 heteroatoms. The lowest BCUT2D eigenvalue weighted by molar-refractivity contribution is 0.433. The van der Waals surface area contributed by atoms with Crippen LogP contribution in [0.2, 0.25) is 0 Å². The second-order valence-corrected chi connectivity index (χ2v) is 2.84. The van der Waals surface area contributed by atoms with E-state index < -0.39 is 0 Å². The van der Waals surface area contributed by atoms with E-state index in [1.165, 1.54) is 0 Å². The average Bonchev–Trinajstić information content (AvgIpc) is 2.36. The summed E-state index contributed by atoms with van der Waals surface area (Å²) >= 11 is 0. The average molecular weight is 190 g/mol. The predicted octanol–water partition coefficient (Wildman–Crippen LogP) is 2.81. The third-order valence-electron chi connectivity index (χ3n) is 1.73. The molecular weight excluding hydrogens is 174 g/mol. The molecule has 1 rings (SSSR count). The fraction of sp³-hybridized carbons (Fsp3) is 0.556. The first-order valence-corrected chi connectivity index (χ1v) is 4.06. The Hall–Kier alpha value is -0.470. The van der Waals surface area contributed by atoms with Crippen molar-refractivity contribution in [3.63, 3.8) is 0 Å². The molecule has 1 aromatic rings. The number of furan rings is 1. The summed E-state index contributed by atoms with van der Waals surface area (Å²) in [5.74, 6) is 1.84.